The first-order chi connectivity index (χ1) is 6.04. The maximum atomic E-state index is 10.5. The summed E-state index contributed by atoms with van der Waals surface area (Å²) in [6, 6.07) is 0. The van der Waals surface area contributed by atoms with Crippen molar-refractivity contribution in [1.29, 1.82) is 0 Å². The van der Waals surface area contributed by atoms with Crippen molar-refractivity contribution in [2.45, 2.75) is 13.0 Å². The van der Waals surface area contributed by atoms with E-state index in [4.69, 9.17) is 13.0 Å². The van der Waals surface area contributed by atoms with Crippen LogP contribution in [0.2, 0.25) is 0 Å². The SMILES string of the molecule is [Ar].[B][CH-]/C(=C(\C)S(=O)[O-])[C@@H](O)[CH-]CO.[V+2]. The Kier molecular flexibility index (Phi) is 17.5. The first-order valence-corrected chi connectivity index (χ1v) is 4.59. The van der Waals surface area contributed by atoms with Crippen LogP contribution in [0.4, 0.5) is 0 Å². The van der Waals surface area contributed by atoms with E-state index in [0.29, 0.717) is 0 Å². The average molecular weight is 292 g/mol. The maximum Gasteiger partial charge on any atom is 2.00 e. The molecular weight excluding hydrogens is 282 g/mol. The molecule has 1 unspecified atom stereocenters. The minimum Gasteiger partial charge on any atom is -0.784 e. The Bertz CT molecular complexity index is 227. The van der Waals surface area contributed by atoms with Gasteiger partial charge >= 0.3 is 18.6 Å². The molecule has 8 heteroatoms. The van der Waals surface area contributed by atoms with Crippen molar-refractivity contribution in [3.63, 3.8) is 0 Å². The van der Waals surface area contributed by atoms with Gasteiger partial charge in [0.15, 0.2) is 0 Å². The zero-order valence-electron chi connectivity index (χ0n) is 7.94. The minimum absolute atomic E-state index is 0. The fourth-order valence-electron chi connectivity index (χ4n) is 0.747. The summed E-state index contributed by atoms with van der Waals surface area (Å²) >= 11 is -2.41. The van der Waals surface area contributed by atoms with Gasteiger partial charge in [-0.05, 0) is 7.85 Å². The van der Waals surface area contributed by atoms with Crippen LogP contribution >= 0.6 is 0 Å². The van der Waals surface area contributed by atoms with Gasteiger partial charge in [-0.15, -0.1) is 16.0 Å². The second kappa shape index (κ2) is 12.0. The molecule has 15 heavy (non-hydrogen) atoms. The summed E-state index contributed by atoms with van der Waals surface area (Å²) in [5, 5.41) is 17.7. The minimum atomic E-state index is -2.41. The number of aliphatic hydroxyl groups excluding tert-OH is 2. The standard InChI is InChI=1S/C7H11BO4S.Ar.V/c1-5(13(11)12)6(4-8)7(10)2-3-9;;/h2,4,7,9-10H,3H2,1H3,(H,11,12);;/q-2;;+2/p-1/b6-5-;;/t7-;;/m0../s1. The summed E-state index contributed by atoms with van der Waals surface area (Å²) in [5.74, 6) is 0. The van der Waals surface area contributed by atoms with Crippen LogP contribution in [0.3, 0.4) is 0 Å². The van der Waals surface area contributed by atoms with Crippen molar-refractivity contribution in [3.05, 3.63) is 23.2 Å². The molecule has 0 aliphatic carbocycles. The molecule has 0 saturated heterocycles. The predicted octanol–water partition coefficient (Wildman–Crippen LogP) is -0.975. The van der Waals surface area contributed by atoms with Crippen molar-refractivity contribution in [3.8, 4) is 0 Å². The molecule has 0 aliphatic rings. The van der Waals surface area contributed by atoms with E-state index in [-0.39, 0.29) is 73.4 Å². The van der Waals surface area contributed by atoms with Gasteiger partial charge in [0, 0.05) is 37.7 Å². The smallest absolute Gasteiger partial charge is 0.784 e. The first kappa shape index (κ1) is 21.8. The van der Waals surface area contributed by atoms with E-state index in [1.54, 1.807) is 0 Å². The fraction of sp³-hybridized carbons (Fsp3) is 0.429. The van der Waals surface area contributed by atoms with Gasteiger partial charge in [-0.3, -0.25) is 16.9 Å². The molecule has 0 saturated carbocycles. The molecule has 85 valence electrons. The van der Waals surface area contributed by atoms with E-state index < -0.39 is 17.2 Å². The Morgan fingerprint density at radius 3 is 2.40 bits per heavy atom. The number of aliphatic hydroxyl groups is 2. The molecule has 0 aliphatic heterocycles. The molecule has 2 N–H and O–H groups in total. The second-order valence-corrected chi connectivity index (χ2v) is 3.36. The van der Waals surface area contributed by atoms with Crippen molar-refractivity contribution in [1.82, 2.24) is 0 Å². The first-order valence-electron chi connectivity index (χ1n) is 3.51. The molecule has 0 aromatic carbocycles. The molecule has 0 aromatic rings. The molecule has 0 bridgehead atoms. The van der Waals surface area contributed by atoms with Gasteiger partial charge in [-0.25, -0.2) is 5.57 Å². The summed E-state index contributed by atoms with van der Waals surface area (Å²) in [5.41, 5.74) is 0.0717. The van der Waals surface area contributed by atoms with Gasteiger partial charge in [0.1, 0.15) is 0 Å². The summed E-state index contributed by atoms with van der Waals surface area (Å²) in [7, 11) is 5.12. The fourth-order valence-corrected chi connectivity index (χ4v) is 1.13. The molecular formula is C7H10ArBO4SV-. The zero-order valence-corrected chi connectivity index (χ0v) is 10.9. The van der Waals surface area contributed by atoms with Crippen molar-refractivity contribution < 1.29 is 75.3 Å². The van der Waals surface area contributed by atoms with E-state index >= 15 is 0 Å². The molecule has 0 amide bonds. The van der Waals surface area contributed by atoms with Crippen LogP contribution in [0.1, 0.15) is 6.92 Å². The largest absolute Gasteiger partial charge is 2.00 e. The Morgan fingerprint density at radius 2 is 2.13 bits per heavy atom. The van der Waals surface area contributed by atoms with Crippen LogP contribution in [0.15, 0.2) is 10.5 Å². The molecule has 2 atom stereocenters. The van der Waals surface area contributed by atoms with Crippen LogP contribution < -0.4 is 0 Å². The van der Waals surface area contributed by atoms with E-state index in [1.165, 1.54) is 6.92 Å². The summed E-state index contributed by atoms with van der Waals surface area (Å²) in [6.07, 6.45) is 0.977. The third-order valence-electron chi connectivity index (χ3n) is 1.48. The predicted molar refractivity (Wildman–Crippen MR) is 49.1 cm³/mol. The Hall–Kier alpha value is 1.55. The number of hydrogen-bond donors (Lipinski definition) is 2. The summed E-state index contributed by atoms with van der Waals surface area (Å²) < 4.78 is 21.0. The summed E-state index contributed by atoms with van der Waals surface area (Å²) in [6.45, 7) is 0.966. The molecule has 0 heterocycles. The van der Waals surface area contributed by atoms with Crippen LogP contribution in [0, 0.1) is 50.5 Å². The Balaban J connectivity index is -0.000000720. The van der Waals surface area contributed by atoms with E-state index in [2.05, 4.69) is 0 Å². The van der Waals surface area contributed by atoms with Crippen molar-refractivity contribution >= 4 is 18.9 Å². The van der Waals surface area contributed by atoms with Gasteiger partial charge in [0.05, 0.1) is 0 Å². The zero-order chi connectivity index (χ0) is 10.4. The normalized spacial score (nSPS) is 15.2. The van der Waals surface area contributed by atoms with Gasteiger partial charge in [0.2, 0.25) is 0 Å². The van der Waals surface area contributed by atoms with Crippen LogP contribution in [-0.4, -0.2) is 39.5 Å². The Labute approximate surface area is 135 Å². The summed E-state index contributed by atoms with van der Waals surface area (Å²) in [4.78, 5) is -0.0419. The molecule has 4 nitrogen and oxygen atoms in total. The molecule has 3 radical (unpaired) electrons. The number of allylic oxidation sites excluding steroid dienone is 1. The monoisotopic (exact) mass is 292 g/mol. The topological polar surface area (TPSA) is 80.6 Å². The maximum absolute atomic E-state index is 10.5. The third kappa shape index (κ3) is 8.30. The molecule has 0 aromatic heterocycles. The van der Waals surface area contributed by atoms with Crippen LogP contribution in [0.25, 0.3) is 0 Å². The van der Waals surface area contributed by atoms with Crippen LogP contribution in [0.5, 0.6) is 0 Å². The number of hydrogen-bond acceptors (Lipinski definition) is 4. The van der Waals surface area contributed by atoms with Gasteiger partial charge < -0.3 is 14.8 Å². The van der Waals surface area contributed by atoms with Gasteiger partial charge in [0.25, 0.3) is 0 Å². The molecule has 0 spiro atoms. The van der Waals surface area contributed by atoms with Crippen molar-refractivity contribution in [2.24, 2.45) is 0 Å². The van der Waals surface area contributed by atoms with E-state index in [1.807, 2.05) is 0 Å². The molecule has 0 rings (SSSR count). The van der Waals surface area contributed by atoms with E-state index in [0.717, 1.165) is 12.7 Å². The van der Waals surface area contributed by atoms with Gasteiger partial charge in [-0.1, -0.05) is 19.6 Å². The Morgan fingerprint density at radius 1 is 1.67 bits per heavy atom. The van der Waals surface area contributed by atoms with E-state index in [9.17, 15) is 13.9 Å². The average Bonchev–Trinajstić information content (AvgIpc) is 2.05. The second-order valence-electron chi connectivity index (χ2n) is 2.28. The van der Waals surface area contributed by atoms with Crippen LogP contribution in [-0.2, 0) is 29.6 Å². The third-order valence-corrected chi connectivity index (χ3v) is 2.22. The number of rotatable bonds is 5. The quantitative estimate of drug-likeness (QED) is 0.388. The molecule has 0 fully saturated rings. The van der Waals surface area contributed by atoms with Crippen molar-refractivity contribution in [2.75, 3.05) is 6.61 Å². The van der Waals surface area contributed by atoms with Gasteiger partial charge in [-0.2, -0.15) is 0 Å².